The molecule has 3 heterocycles. The molecule has 2 saturated heterocycles. The van der Waals surface area contributed by atoms with E-state index >= 15 is 0 Å². The van der Waals surface area contributed by atoms with Crippen LogP contribution in [0.15, 0.2) is 36.4 Å². The van der Waals surface area contributed by atoms with E-state index in [1.165, 1.54) is 16.7 Å². The molecule has 32 heavy (non-hydrogen) atoms. The molecule has 1 aromatic heterocycles. The van der Waals surface area contributed by atoms with Crippen LogP contribution in [0.1, 0.15) is 59.7 Å². The molecule has 1 aromatic carbocycles. The molecule has 1 atom stereocenters. The number of pyridine rings is 1. The van der Waals surface area contributed by atoms with Gasteiger partial charge < -0.3 is 10.2 Å². The van der Waals surface area contributed by atoms with Crippen LogP contribution in [0.25, 0.3) is 0 Å². The van der Waals surface area contributed by atoms with Crippen molar-refractivity contribution >= 4 is 17.8 Å². The Morgan fingerprint density at radius 2 is 1.78 bits per heavy atom. The van der Waals surface area contributed by atoms with Crippen molar-refractivity contribution in [1.29, 1.82) is 0 Å². The number of nitrogens with one attached hydrogen (secondary N) is 2. The number of urea groups is 1. The summed E-state index contributed by atoms with van der Waals surface area (Å²) in [5.41, 5.74) is 5.97. The SMILES string of the molecule is Cc1ccc(Cc2cc(C)nc(C3CCN(C(=O)CC[C@H]4NC(=O)NC4=O)CC3)c2)cc1. The van der Waals surface area contributed by atoms with Gasteiger partial charge in [-0.25, -0.2) is 4.79 Å². The quantitative estimate of drug-likeness (QED) is 0.684. The van der Waals surface area contributed by atoms with Gasteiger partial charge in [-0.1, -0.05) is 29.8 Å². The molecule has 168 valence electrons. The summed E-state index contributed by atoms with van der Waals surface area (Å²) in [6, 6.07) is 11.9. The first kappa shape index (κ1) is 22.0. The smallest absolute Gasteiger partial charge is 0.322 e. The van der Waals surface area contributed by atoms with Gasteiger partial charge in [-0.05, 0) is 62.8 Å². The average molecular weight is 435 g/mol. The van der Waals surface area contributed by atoms with E-state index in [2.05, 4.69) is 54.0 Å². The highest BCUT2D eigenvalue weighted by atomic mass is 16.2. The largest absolute Gasteiger partial charge is 0.343 e. The predicted octanol–water partition coefficient (Wildman–Crippen LogP) is 2.98. The van der Waals surface area contributed by atoms with Gasteiger partial charge in [0.25, 0.3) is 5.91 Å². The molecular formula is C25H30N4O3. The number of carbonyl (C=O) groups excluding carboxylic acids is 3. The summed E-state index contributed by atoms with van der Waals surface area (Å²) < 4.78 is 0. The molecule has 7 nitrogen and oxygen atoms in total. The van der Waals surface area contributed by atoms with E-state index in [9.17, 15) is 14.4 Å². The van der Waals surface area contributed by atoms with Crippen molar-refractivity contribution in [2.24, 2.45) is 0 Å². The lowest BCUT2D eigenvalue weighted by Crippen LogP contribution is -2.39. The Kier molecular flexibility index (Phi) is 6.53. The van der Waals surface area contributed by atoms with Crippen LogP contribution in [0.4, 0.5) is 4.79 Å². The number of hydrogen-bond donors (Lipinski definition) is 2. The zero-order valence-corrected chi connectivity index (χ0v) is 18.7. The first-order valence-corrected chi connectivity index (χ1v) is 11.3. The molecule has 0 unspecified atom stereocenters. The van der Waals surface area contributed by atoms with Crippen LogP contribution in [0.3, 0.4) is 0 Å². The zero-order valence-electron chi connectivity index (χ0n) is 18.7. The lowest BCUT2D eigenvalue weighted by atomic mass is 9.91. The summed E-state index contributed by atoms with van der Waals surface area (Å²) in [4.78, 5) is 42.1. The fourth-order valence-electron chi connectivity index (χ4n) is 4.53. The molecule has 0 saturated carbocycles. The van der Waals surface area contributed by atoms with Gasteiger partial charge >= 0.3 is 6.03 Å². The van der Waals surface area contributed by atoms with Crippen molar-refractivity contribution in [2.45, 2.75) is 57.9 Å². The van der Waals surface area contributed by atoms with Crippen LogP contribution in [0.2, 0.25) is 0 Å². The number of likely N-dealkylation sites (tertiary alicyclic amines) is 1. The Balaban J connectivity index is 1.32. The van der Waals surface area contributed by atoms with Crippen molar-refractivity contribution in [3.8, 4) is 0 Å². The van der Waals surface area contributed by atoms with Crippen LogP contribution in [-0.4, -0.2) is 46.9 Å². The number of piperidine rings is 1. The van der Waals surface area contributed by atoms with E-state index in [0.717, 1.165) is 30.7 Å². The summed E-state index contributed by atoms with van der Waals surface area (Å²) in [5, 5.41) is 4.74. The molecule has 2 aliphatic rings. The maximum atomic E-state index is 12.6. The average Bonchev–Trinajstić information content (AvgIpc) is 3.10. The second-order valence-electron chi connectivity index (χ2n) is 8.91. The molecule has 2 aromatic rings. The number of benzene rings is 1. The molecule has 2 fully saturated rings. The minimum absolute atomic E-state index is 0.0367. The molecular weight excluding hydrogens is 404 g/mol. The number of aryl methyl sites for hydroxylation is 2. The van der Waals surface area contributed by atoms with E-state index in [-0.39, 0.29) is 18.2 Å². The van der Waals surface area contributed by atoms with Crippen molar-refractivity contribution in [2.75, 3.05) is 13.1 Å². The van der Waals surface area contributed by atoms with Gasteiger partial charge in [0.2, 0.25) is 5.91 Å². The number of hydrogen-bond acceptors (Lipinski definition) is 4. The highest BCUT2D eigenvalue weighted by Gasteiger charge is 2.31. The van der Waals surface area contributed by atoms with E-state index in [1.54, 1.807) is 0 Å². The molecule has 2 N–H and O–H groups in total. The summed E-state index contributed by atoms with van der Waals surface area (Å²) in [6.45, 7) is 5.52. The topological polar surface area (TPSA) is 91.4 Å². The minimum atomic E-state index is -0.604. The number of carbonyl (C=O) groups is 3. The van der Waals surface area contributed by atoms with Gasteiger partial charge in [-0.15, -0.1) is 0 Å². The fraction of sp³-hybridized carbons (Fsp3) is 0.440. The molecule has 0 radical (unpaired) electrons. The molecule has 0 spiro atoms. The lowest BCUT2D eigenvalue weighted by Gasteiger charge is -2.32. The van der Waals surface area contributed by atoms with Crippen molar-refractivity contribution in [3.63, 3.8) is 0 Å². The normalized spacial score (nSPS) is 19.1. The third-order valence-corrected chi connectivity index (χ3v) is 6.33. The Morgan fingerprint density at radius 1 is 1.06 bits per heavy atom. The van der Waals surface area contributed by atoms with Crippen molar-refractivity contribution in [3.05, 3.63) is 64.5 Å². The Labute approximate surface area is 188 Å². The second-order valence-corrected chi connectivity index (χ2v) is 8.91. The van der Waals surface area contributed by atoms with Crippen LogP contribution in [-0.2, 0) is 16.0 Å². The highest BCUT2D eigenvalue weighted by Crippen LogP contribution is 2.28. The van der Waals surface area contributed by atoms with Gasteiger partial charge in [-0.3, -0.25) is 19.9 Å². The summed E-state index contributed by atoms with van der Waals surface area (Å²) in [6.07, 6.45) is 3.24. The lowest BCUT2D eigenvalue weighted by molar-refractivity contribution is -0.132. The molecule has 4 rings (SSSR count). The standard InChI is InChI=1S/C25H30N4O3/c1-16-3-5-18(6-4-16)14-19-13-17(2)26-22(15-19)20-9-11-29(12-10-20)23(30)8-7-21-24(31)28-25(32)27-21/h3-6,13,15,20-21H,7-12,14H2,1-2H3,(H2,27,28,31,32)/t21-/m1/s1. The predicted molar refractivity (Wildman–Crippen MR) is 121 cm³/mol. The molecule has 0 bridgehead atoms. The monoisotopic (exact) mass is 434 g/mol. The molecule has 7 heteroatoms. The van der Waals surface area contributed by atoms with Gasteiger partial charge in [0.15, 0.2) is 0 Å². The van der Waals surface area contributed by atoms with Crippen molar-refractivity contribution < 1.29 is 14.4 Å². The van der Waals surface area contributed by atoms with Gasteiger partial charge in [0.1, 0.15) is 6.04 Å². The first-order valence-electron chi connectivity index (χ1n) is 11.3. The maximum Gasteiger partial charge on any atom is 0.322 e. The van der Waals surface area contributed by atoms with Crippen LogP contribution in [0, 0.1) is 13.8 Å². The summed E-state index contributed by atoms with van der Waals surface area (Å²) >= 11 is 0. The fourth-order valence-corrected chi connectivity index (χ4v) is 4.53. The Bertz CT molecular complexity index is 1010. The third-order valence-electron chi connectivity index (χ3n) is 6.33. The van der Waals surface area contributed by atoms with Crippen molar-refractivity contribution in [1.82, 2.24) is 20.5 Å². The van der Waals surface area contributed by atoms with E-state index in [0.29, 0.717) is 25.4 Å². The van der Waals surface area contributed by atoms with Crippen LogP contribution in [0.5, 0.6) is 0 Å². The van der Waals surface area contributed by atoms with Crippen LogP contribution < -0.4 is 10.6 Å². The van der Waals surface area contributed by atoms with Gasteiger partial charge in [-0.2, -0.15) is 0 Å². The minimum Gasteiger partial charge on any atom is -0.343 e. The summed E-state index contributed by atoms with van der Waals surface area (Å²) in [5.74, 6) is 0.0266. The third kappa shape index (κ3) is 5.33. The zero-order chi connectivity index (χ0) is 22.7. The molecule has 0 aliphatic carbocycles. The summed E-state index contributed by atoms with van der Waals surface area (Å²) in [7, 11) is 0. The maximum absolute atomic E-state index is 12.6. The molecule has 2 aliphatic heterocycles. The van der Waals surface area contributed by atoms with Gasteiger partial charge in [0, 0.05) is 36.8 Å². The highest BCUT2D eigenvalue weighted by molar-refractivity contribution is 6.04. The Morgan fingerprint density at radius 3 is 2.44 bits per heavy atom. The number of amides is 4. The second kappa shape index (κ2) is 9.51. The molecule has 4 amide bonds. The number of nitrogens with zero attached hydrogens (tertiary/aromatic N) is 2. The van der Waals surface area contributed by atoms with E-state index in [1.807, 2.05) is 11.8 Å². The number of aromatic nitrogens is 1. The van der Waals surface area contributed by atoms with E-state index in [4.69, 9.17) is 4.98 Å². The Hall–Kier alpha value is -3.22. The van der Waals surface area contributed by atoms with E-state index < -0.39 is 12.1 Å². The van der Waals surface area contributed by atoms with Crippen LogP contribution >= 0.6 is 0 Å². The first-order chi connectivity index (χ1) is 15.4. The van der Waals surface area contributed by atoms with Gasteiger partial charge in [0.05, 0.1) is 0 Å². The number of rotatable bonds is 6. The number of imide groups is 1.